The molecule has 0 aliphatic rings. The number of halogens is 6. The topological polar surface area (TPSA) is 9.23 Å². The molecular weight excluding hydrogens is 406 g/mol. The molecule has 0 N–H and O–H groups in total. The third-order valence-electron chi connectivity index (χ3n) is 5.84. The first kappa shape index (κ1) is 26.8. The van der Waals surface area contributed by atoms with E-state index in [9.17, 15) is 26.3 Å². The van der Waals surface area contributed by atoms with Gasteiger partial charge in [0.1, 0.15) is 0 Å². The maximum absolute atomic E-state index is 13.1. The summed E-state index contributed by atoms with van der Waals surface area (Å²) in [5.41, 5.74) is -2.97. The van der Waals surface area contributed by atoms with Gasteiger partial charge in [-0.3, -0.25) is 0 Å². The predicted octanol–water partition coefficient (Wildman–Crippen LogP) is 8.45. The zero-order valence-electron chi connectivity index (χ0n) is 18.3. The highest BCUT2D eigenvalue weighted by Gasteiger charge is 2.37. The van der Waals surface area contributed by atoms with Crippen molar-refractivity contribution in [2.45, 2.75) is 96.5 Å². The van der Waals surface area contributed by atoms with E-state index in [4.69, 9.17) is 4.74 Å². The van der Waals surface area contributed by atoms with Crippen LogP contribution in [0.25, 0.3) is 0 Å². The molecule has 0 aromatic heterocycles. The molecule has 0 heterocycles. The van der Waals surface area contributed by atoms with Crippen LogP contribution in [0.5, 0.6) is 0 Å². The molecule has 1 atom stereocenters. The van der Waals surface area contributed by atoms with Crippen molar-refractivity contribution in [1.29, 1.82) is 0 Å². The Morgan fingerprint density at radius 1 is 0.767 bits per heavy atom. The van der Waals surface area contributed by atoms with Crippen molar-refractivity contribution in [3.8, 4) is 0 Å². The van der Waals surface area contributed by atoms with Crippen LogP contribution in [0.15, 0.2) is 18.2 Å². The Hall–Kier alpha value is -1.24. The van der Waals surface area contributed by atoms with Gasteiger partial charge in [0.05, 0.1) is 16.7 Å². The van der Waals surface area contributed by atoms with Gasteiger partial charge < -0.3 is 4.74 Å². The average molecular weight is 441 g/mol. The van der Waals surface area contributed by atoms with Crippen LogP contribution in [-0.2, 0) is 23.5 Å². The lowest BCUT2D eigenvalue weighted by Crippen LogP contribution is -2.33. The lowest BCUT2D eigenvalue weighted by atomic mass is 9.81. The Bertz CT molecular complexity index is 601. The molecule has 1 aromatic carbocycles. The van der Waals surface area contributed by atoms with E-state index in [0.29, 0.717) is 6.42 Å². The summed E-state index contributed by atoms with van der Waals surface area (Å²) < 4.78 is 84.1. The Kier molecular flexibility index (Phi) is 10.2. The van der Waals surface area contributed by atoms with E-state index >= 15 is 0 Å². The van der Waals surface area contributed by atoms with Gasteiger partial charge >= 0.3 is 12.4 Å². The molecule has 0 aliphatic carbocycles. The number of alkyl halides is 6. The standard InChI is InChI=1S/C23H34F6O/c1-5-6-7-8-9-10-11-18(21(2,3)30-4)13-12-17-14-19(22(24,25)26)16-20(15-17)23(27,28)29/h14-16,18H,5-13H2,1-4H3. The van der Waals surface area contributed by atoms with Crippen LogP contribution in [0.3, 0.4) is 0 Å². The molecule has 30 heavy (non-hydrogen) atoms. The fourth-order valence-corrected chi connectivity index (χ4v) is 3.68. The number of unbranched alkanes of at least 4 members (excludes halogenated alkanes) is 5. The van der Waals surface area contributed by atoms with E-state index in [2.05, 4.69) is 6.92 Å². The third kappa shape index (κ3) is 8.86. The van der Waals surface area contributed by atoms with Gasteiger partial charge in [0.15, 0.2) is 0 Å². The van der Waals surface area contributed by atoms with Crippen LogP contribution in [0.4, 0.5) is 26.3 Å². The Morgan fingerprint density at radius 2 is 1.27 bits per heavy atom. The highest BCUT2D eigenvalue weighted by atomic mass is 19.4. The van der Waals surface area contributed by atoms with Crippen LogP contribution in [-0.4, -0.2) is 12.7 Å². The fourth-order valence-electron chi connectivity index (χ4n) is 3.68. The van der Waals surface area contributed by atoms with Gasteiger partial charge in [-0.05, 0) is 62.8 Å². The van der Waals surface area contributed by atoms with Crippen molar-refractivity contribution in [1.82, 2.24) is 0 Å². The number of hydrogen-bond acceptors (Lipinski definition) is 1. The maximum atomic E-state index is 13.1. The molecule has 1 rings (SSSR count). The fraction of sp³-hybridized carbons (Fsp3) is 0.739. The minimum atomic E-state index is -4.82. The molecule has 0 spiro atoms. The van der Waals surface area contributed by atoms with E-state index in [-0.39, 0.29) is 24.0 Å². The number of methoxy groups -OCH3 is 1. The first-order chi connectivity index (χ1) is 13.8. The minimum Gasteiger partial charge on any atom is -0.379 e. The summed E-state index contributed by atoms with van der Waals surface area (Å²) in [5, 5.41) is 0. The number of hydrogen-bond donors (Lipinski definition) is 0. The lowest BCUT2D eigenvalue weighted by Gasteiger charge is -2.33. The second kappa shape index (κ2) is 11.4. The van der Waals surface area contributed by atoms with Crippen LogP contribution in [0, 0.1) is 5.92 Å². The van der Waals surface area contributed by atoms with Gasteiger partial charge in [-0.1, -0.05) is 45.4 Å². The van der Waals surface area contributed by atoms with E-state index < -0.39 is 29.1 Å². The smallest absolute Gasteiger partial charge is 0.379 e. The normalized spacial score (nSPS) is 14.2. The van der Waals surface area contributed by atoms with Crippen LogP contribution in [0.1, 0.15) is 88.8 Å². The Labute approximate surface area is 176 Å². The third-order valence-corrected chi connectivity index (χ3v) is 5.84. The first-order valence-corrected chi connectivity index (χ1v) is 10.6. The molecule has 1 nitrogen and oxygen atoms in total. The lowest BCUT2D eigenvalue weighted by molar-refractivity contribution is -0.143. The van der Waals surface area contributed by atoms with Crippen molar-refractivity contribution in [3.63, 3.8) is 0 Å². The van der Waals surface area contributed by atoms with Crippen molar-refractivity contribution in [3.05, 3.63) is 34.9 Å². The predicted molar refractivity (Wildman–Crippen MR) is 107 cm³/mol. The molecule has 7 heteroatoms. The quantitative estimate of drug-likeness (QED) is 0.234. The van der Waals surface area contributed by atoms with Crippen molar-refractivity contribution >= 4 is 0 Å². The molecule has 0 amide bonds. The van der Waals surface area contributed by atoms with Crippen LogP contribution in [0.2, 0.25) is 0 Å². The summed E-state index contributed by atoms with van der Waals surface area (Å²) in [4.78, 5) is 0. The van der Waals surface area contributed by atoms with Crippen LogP contribution < -0.4 is 0 Å². The van der Waals surface area contributed by atoms with E-state index in [1.165, 1.54) is 12.8 Å². The van der Waals surface area contributed by atoms with E-state index in [0.717, 1.165) is 44.2 Å². The van der Waals surface area contributed by atoms with Gasteiger partial charge in [-0.15, -0.1) is 0 Å². The number of ether oxygens (including phenoxy) is 1. The molecule has 0 bridgehead atoms. The zero-order valence-corrected chi connectivity index (χ0v) is 18.3. The zero-order chi connectivity index (χ0) is 23.0. The van der Waals surface area contributed by atoms with Gasteiger partial charge in [-0.2, -0.15) is 26.3 Å². The summed E-state index contributed by atoms with van der Waals surface area (Å²) in [6, 6.07) is 1.84. The van der Waals surface area contributed by atoms with Crippen molar-refractivity contribution in [2.24, 2.45) is 5.92 Å². The highest BCUT2D eigenvalue weighted by molar-refractivity contribution is 5.33. The molecule has 0 saturated heterocycles. The van der Waals surface area contributed by atoms with Gasteiger partial charge in [0, 0.05) is 7.11 Å². The molecule has 0 radical (unpaired) electrons. The largest absolute Gasteiger partial charge is 0.416 e. The van der Waals surface area contributed by atoms with Gasteiger partial charge in [0.2, 0.25) is 0 Å². The van der Waals surface area contributed by atoms with E-state index in [1.807, 2.05) is 13.8 Å². The molecule has 0 aliphatic heterocycles. The SMILES string of the molecule is CCCCCCCCC(CCc1cc(C(F)(F)F)cc(C(F)(F)F)c1)C(C)(C)OC. The second-order valence-corrected chi connectivity index (χ2v) is 8.51. The monoisotopic (exact) mass is 440 g/mol. The Balaban J connectivity index is 2.91. The summed E-state index contributed by atoms with van der Waals surface area (Å²) in [6.45, 7) is 5.99. The summed E-state index contributed by atoms with van der Waals surface area (Å²) in [6.07, 6.45) is -1.49. The summed E-state index contributed by atoms with van der Waals surface area (Å²) in [7, 11) is 1.58. The van der Waals surface area contributed by atoms with E-state index in [1.54, 1.807) is 7.11 Å². The molecule has 1 aromatic rings. The van der Waals surface area contributed by atoms with Crippen LogP contribution >= 0.6 is 0 Å². The number of rotatable bonds is 12. The second-order valence-electron chi connectivity index (χ2n) is 8.51. The summed E-state index contributed by atoms with van der Waals surface area (Å²) >= 11 is 0. The number of aryl methyl sites for hydroxylation is 1. The molecule has 1 unspecified atom stereocenters. The Morgan fingerprint density at radius 3 is 1.73 bits per heavy atom. The molecule has 0 saturated carbocycles. The maximum Gasteiger partial charge on any atom is 0.416 e. The average Bonchev–Trinajstić information content (AvgIpc) is 2.65. The van der Waals surface area contributed by atoms with Crippen molar-refractivity contribution in [2.75, 3.05) is 7.11 Å². The van der Waals surface area contributed by atoms with Gasteiger partial charge in [0.25, 0.3) is 0 Å². The van der Waals surface area contributed by atoms with Crippen molar-refractivity contribution < 1.29 is 31.1 Å². The number of benzene rings is 1. The molecule has 0 fully saturated rings. The first-order valence-electron chi connectivity index (χ1n) is 10.6. The molecule has 174 valence electrons. The summed E-state index contributed by atoms with van der Waals surface area (Å²) in [5.74, 6) is 0.0394. The highest BCUT2D eigenvalue weighted by Crippen LogP contribution is 2.37. The minimum absolute atomic E-state index is 0.0394. The molecular formula is C23H34F6O. The van der Waals surface area contributed by atoms with Gasteiger partial charge in [-0.25, -0.2) is 0 Å².